The number of benzene rings is 3. The van der Waals surface area contributed by atoms with Crippen LogP contribution in [0.25, 0.3) is 0 Å². The molecule has 6 heteroatoms. The van der Waals surface area contributed by atoms with Crippen LogP contribution < -0.4 is 14.2 Å². The fraction of sp³-hybridized carbons (Fsp3) is 0.296. The maximum atomic E-state index is 11.9. The third-order valence-electron chi connectivity index (χ3n) is 5.02. The highest BCUT2D eigenvalue weighted by Crippen LogP contribution is 2.28. The van der Waals surface area contributed by atoms with E-state index in [-0.39, 0.29) is 11.5 Å². The first-order valence-electron chi connectivity index (χ1n) is 10.8. The average molecular weight is 469 g/mol. The lowest BCUT2D eigenvalue weighted by atomic mass is 9.87. The molecule has 0 heterocycles. The maximum absolute atomic E-state index is 11.9. The van der Waals surface area contributed by atoms with Gasteiger partial charge in [-0.15, -0.1) is 0 Å². The van der Waals surface area contributed by atoms with Crippen molar-refractivity contribution in [3.05, 3.63) is 88.9 Å². The number of hydrogen-bond donors (Lipinski definition) is 1. The molecule has 0 saturated carbocycles. The Kier molecular flexibility index (Phi) is 7.88. The first kappa shape index (κ1) is 24.5. The molecule has 3 rings (SSSR count). The Balaban J connectivity index is 1.60. The number of aliphatic carboxylic acids is 1. The lowest BCUT2D eigenvalue weighted by molar-refractivity contribution is -0.145. The van der Waals surface area contributed by atoms with E-state index in [0.29, 0.717) is 34.4 Å². The van der Waals surface area contributed by atoms with Crippen molar-refractivity contribution in [3.8, 4) is 17.2 Å². The topological polar surface area (TPSA) is 65.0 Å². The third kappa shape index (κ3) is 7.16. The first-order valence-corrected chi connectivity index (χ1v) is 11.1. The van der Waals surface area contributed by atoms with Gasteiger partial charge in [0.15, 0.2) is 0 Å². The minimum absolute atomic E-state index is 0.0115. The maximum Gasteiger partial charge on any atom is 0.349 e. The van der Waals surface area contributed by atoms with Gasteiger partial charge in [0.25, 0.3) is 0 Å². The van der Waals surface area contributed by atoms with Crippen LogP contribution in [0.4, 0.5) is 0 Å². The number of halogens is 1. The van der Waals surface area contributed by atoms with E-state index in [1.54, 1.807) is 60.7 Å². The summed E-state index contributed by atoms with van der Waals surface area (Å²) in [5, 5.41) is 10.4. The molecule has 0 aromatic heterocycles. The van der Waals surface area contributed by atoms with E-state index in [0.717, 1.165) is 5.56 Å². The van der Waals surface area contributed by atoms with E-state index in [4.69, 9.17) is 25.8 Å². The average Bonchev–Trinajstić information content (AvgIpc) is 2.77. The highest BCUT2D eigenvalue weighted by Gasteiger charge is 2.23. The van der Waals surface area contributed by atoms with Gasteiger partial charge in [0.05, 0.1) is 0 Å². The fourth-order valence-electron chi connectivity index (χ4n) is 3.16. The van der Waals surface area contributed by atoms with Crippen LogP contribution in [0.1, 0.15) is 44.9 Å². The van der Waals surface area contributed by atoms with Gasteiger partial charge in [0.1, 0.15) is 30.0 Å². The summed E-state index contributed by atoms with van der Waals surface area (Å²) in [6.07, 6.45) is -1.33. The summed E-state index contributed by atoms with van der Waals surface area (Å²) in [6.45, 7) is 8.62. The van der Waals surface area contributed by atoms with Gasteiger partial charge in [-0.3, -0.25) is 0 Å². The van der Waals surface area contributed by atoms with Crippen molar-refractivity contribution in [2.75, 3.05) is 6.61 Å². The van der Waals surface area contributed by atoms with E-state index in [1.165, 1.54) is 0 Å². The van der Waals surface area contributed by atoms with Gasteiger partial charge in [-0.05, 0) is 66.4 Å². The number of hydrogen-bond acceptors (Lipinski definition) is 4. The molecule has 0 amide bonds. The second-order valence-corrected chi connectivity index (χ2v) is 9.31. The van der Waals surface area contributed by atoms with Crippen LogP contribution in [0, 0.1) is 0 Å². The molecular weight excluding hydrogens is 440 g/mol. The van der Waals surface area contributed by atoms with Crippen LogP contribution in [0.3, 0.4) is 0 Å². The molecule has 174 valence electrons. The van der Waals surface area contributed by atoms with Gasteiger partial charge >= 0.3 is 5.97 Å². The molecule has 0 saturated heterocycles. The second-order valence-electron chi connectivity index (χ2n) is 8.87. The molecule has 0 aliphatic rings. The van der Waals surface area contributed by atoms with Crippen molar-refractivity contribution in [2.24, 2.45) is 0 Å². The zero-order valence-electron chi connectivity index (χ0n) is 19.2. The van der Waals surface area contributed by atoms with E-state index in [1.807, 2.05) is 19.1 Å². The Labute approximate surface area is 199 Å². The van der Waals surface area contributed by atoms with Crippen LogP contribution in [0.15, 0.2) is 72.8 Å². The minimum atomic E-state index is -1.12. The van der Waals surface area contributed by atoms with Crippen LogP contribution in [-0.4, -0.2) is 23.8 Å². The zero-order valence-corrected chi connectivity index (χ0v) is 20.0. The second kappa shape index (κ2) is 10.6. The predicted molar refractivity (Wildman–Crippen MR) is 130 cm³/mol. The summed E-state index contributed by atoms with van der Waals surface area (Å²) < 4.78 is 17.4. The molecule has 2 atom stereocenters. The Morgan fingerprint density at radius 1 is 0.848 bits per heavy atom. The molecule has 0 bridgehead atoms. The molecule has 0 spiro atoms. The number of ether oxygens (including phenoxy) is 3. The SMILES string of the molecule is CC(COc1ccc(Cl)cc1)Oc1ccc(C(Oc2ccc(C(C)(C)C)cc2)C(=O)O)cc1. The van der Waals surface area contributed by atoms with E-state index in [2.05, 4.69) is 20.8 Å². The van der Waals surface area contributed by atoms with Gasteiger partial charge in [0.2, 0.25) is 6.10 Å². The summed E-state index contributed by atoms with van der Waals surface area (Å²) in [4.78, 5) is 11.9. The number of carbonyl (C=O) groups is 1. The van der Waals surface area contributed by atoms with Crippen molar-refractivity contribution < 1.29 is 24.1 Å². The molecule has 5 nitrogen and oxygen atoms in total. The summed E-state index contributed by atoms with van der Waals surface area (Å²) in [5.41, 5.74) is 1.69. The quantitative estimate of drug-likeness (QED) is 0.379. The van der Waals surface area contributed by atoms with Gasteiger partial charge in [-0.25, -0.2) is 4.79 Å². The van der Waals surface area contributed by atoms with Crippen molar-refractivity contribution in [2.45, 2.75) is 45.3 Å². The minimum Gasteiger partial charge on any atom is -0.490 e. The van der Waals surface area contributed by atoms with E-state index < -0.39 is 12.1 Å². The Morgan fingerprint density at radius 3 is 1.91 bits per heavy atom. The van der Waals surface area contributed by atoms with E-state index in [9.17, 15) is 9.90 Å². The van der Waals surface area contributed by atoms with Crippen molar-refractivity contribution in [3.63, 3.8) is 0 Å². The van der Waals surface area contributed by atoms with E-state index >= 15 is 0 Å². The van der Waals surface area contributed by atoms with Gasteiger partial charge in [0, 0.05) is 10.6 Å². The van der Waals surface area contributed by atoms with Crippen LogP contribution in [-0.2, 0) is 10.2 Å². The standard InChI is InChI=1S/C27H29ClO5/c1-18(17-31-22-15-9-21(28)10-16-22)32-23-11-5-19(6-12-23)25(26(29)30)33-24-13-7-20(8-14-24)27(2,3)4/h5-16,18,25H,17H2,1-4H3,(H,29,30). The molecule has 0 radical (unpaired) electrons. The normalized spacial score (nSPS) is 13.1. The molecule has 0 fully saturated rings. The molecule has 3 aromatic carbocycles. The monoisotopic (exact) mass is 468 g/mol. The van der Waals surface area contributed by atoms with Gasteiger partial charge in [-0.1, -0.05) is 56.6 Å². The fourth-order valence-corrected chi connectivity index (χ4v) is 3.29. The molecule has 1 N–H and O–H groups in total. The van der Waals surface area contributed by atoms with Crippen molar-refractivity contribution >= 4 is 17.6 Å². The lowest BCUT2D eigenvalue weighted by Gasteiger charge is -2.20. The number of carboxylic acids is 1. The first-order chi connectivity index (χ1) is 15.6. The highest BCUT2D eigenvalue weighted by molar-refractivity contribution is 6.30. The molecule has 0 aliphatic heterocycles. The molecule has 2 unspecified atom stereocenters. The van der Waals surface area contributed by atoms with Crippen LogP contribution in [0.2, 0.25) is 5.02 Å². The predicted octanol–water partition coefficient (Wildman–Crippen LogP) is 6.69. The van der Waals surface area contributed by atoms with Crippen LogP contribution in [0.5, 0.6) is 17.2 Å². The highest BCUT2D eigenvalue weighted by atomic mass is 35.5. The molecular formula is C27H29ClO5. The smallest absolute Gasteiger partial charge is 0.349 e. The number of rotatable bonds is 9. The third-order valence-corrected chi connectivity index (χ3v) is 5.27. The number of carboxylic acid groups (broad SMARTS) is 1. The van der Waals surface area contributed by atoms with Gasteiger partial charge in [-0.2, -0.15) is 0 Å². The largest absolute Gasteiger partial charge is 0.490 e. The lowest BCUT2D eigenvalue weighted by Crippen LogP contribution is -2.21. The Hall–Kier alpha value is -3.18. The zero-order chi connectivity index (χ0) is 24.0. The van der Waals surface area contributed by atoms with Gasteiger partial charge < -0.3 is 19.3 Å². The summed E-state index contributed by atoms with van der Waals surface area (Å²) >= 11 is 5.88. The molecule has 33 heavy (non-hydrogen) atoms. The Bertz CT molecular complexity index is 1040. The summed E-state index contributed by atoms with van der Waals surface area (Å²) in [6, 6.07) is 21.5. The van der Waals surface area contributed by atoms with Crippen molar-refractivity contribution in [1.29, 1.82) is 0 Å². The molecule has 3 aromatic rings. The summed E-state index contributed by atoms with van der Waals surface area (Å²) in [5.74, 6) is 0.767. The summed E-state index contributed by atoms with van der Waals surface area (Å²) in [7, 11) is 0. The van der Waals surface area contributed by atoms with Crippen molar-refractivity contribution in [1.82, 2.24) is 0 Å². The molecule has 0 aliphatic carbocycles. The Morgan fingerprint density at radius 2 is 1.36 bits per heavy atom. The van der Waals surface area contributed by atoms with Crippen LogP contribution >= 0.6 is 11.6 Å².